The number of aryl methyl sites for hydroxylation is 2. The van der Waals surface area contributed by atoms with Crippen LogP contribution < -0.4 is 20.3 Å². The molecule has 0 saturated carbocycles. The summed E-state index contributed by atoms with van der Waals surface area (Å²) in [5.74, 6) is 1.06. The predicted octanol–water partition coefficient (Wildman–Crippen LogP) is 2.57. The zero-order chi connectivity index (χ0) is 20.4. The molecule has 4 rings (SSSR count). The second-order valence-electron chi connectivity index (χ2n) is 7.00. The monoisotopic (exact) mass is 391 g/mol. The quantitative estimate of drug-likeness (QED) is 0.723. The van der Waals surface area contributed by atoms with Crippen LogP contribution in [0.5, 0.6) is 11.5 Å². The molecule has 2 aromatic carbocycles. The Morgan fingerprint density at radius 3 is 2.72 bits per heavy atom. The van der Waals surface area contributed by atoms with Crippen LogP contribution in [0.3, 0.4) is 0 Å². The van der Waals surface area contributed by atoms with Gasteiger partial charge in [-0.05, 0) is 43.2 Å². The normalized spacial score (nSPS) is 12.1. The molecule has 1 N–H and O–H groups in total. The minimum atomic E-state index is -0.322. The van der Waals surface area contributed by atoms with Gasteiger partial charge < -0.3 is 14.8 Å². The second kappa shape index (κ2) is 7.79. The fourth-order valence-corrected chi connectivity index (χ4v) is 3.25. The summed E-state index contributed by atoms with van der Waals surface area (Å²) in [5, 5.41) is 7.19. The van der Waals surface area contributed by atoms with E-state index in [0.29, 0.717) is 23.7 Å². The average Bonchev–Trinajstić information content (AvgIpc) is 3.16. The highest BCUT2D eigenvalue weighted by molar-refractivity contribution is 5.75. The minimum absolute atomic E-state index is 0.151. The molecule has 0 fully saturated rings. The van der Waals surface area contributed by atoms with Crippen molar-refractivity contribution in [1.82, 2.24) is 15.1 Å². The lowest BCUT2D eigenvalue weighted by Crippen LogP contribution is -2.33. The first-order chi connectivity index (χ1) is 14.0. The SMILES string of the molecule is Cc1ccc(-c2ccc(=O)n(CC(=O)NCc3ccc4c(c3)OCO4)n2)c(C)c1. The number of hydrogen-bond donors (Lipinski definition) is 1. The summed E-state index contributed by atoms with van der Waals surface area (Å²) in [7, 11) is 0. The van der Waals surface area contributed by atoms with Crippen molar-refractivity contribution < 1.29 is 14.3 Å². The number of carbonyl (C=O) groups is 1. The summed E-state index contributed by atoms with van der Waals surface area (Å²) in [4.78, 5) is 24.5. The molecular weight excluding hydrogens is 370 g/mol. The van der Waals surface area contributed by atoms with Crippen molar-refractivity contribution in [3.63, 3.8) is 0 Å². The Kier molecular flexibility index (Phi) is 5.03. The molecule has 148 valence electrons. The number of amides is 1. The number of rotatable bonds is 5. The molecular formula is C22H21N3O4. The fourth-order valence-electron chi connectivity index (χ4n) is 3.25. The molecule has 1 amide bonds. The Hall–Kier alpha value is -3.61. The Morgan fingerprint density at radius 2 is 1.90 bits per heavy atom. The number of nitrogens with zero attached hydrogens (tertiary/aromatic N) is 2. The maximum atomic E-state index is 12.4. The summed E-state index contributed by atoms with van der Waals surface area (Å²) in [6.45, 7) is 4.40. The molecule has 0 spiro atoms. The molecule has 29 heavy (non-hydrogen) atoms. The van der Waals surface area contributed by atoms with Crippen molar-refractivity contribution >= 4 is 5.91 Å². The van der Waals surface area contributed by atoms with Gasteiger partial charge in [-0.3, -0.25) is 9.59 Å². The Labute approximate surface area is 167 Å². The van der Waals surface area contributed by atoms with E-state index in [4.69, 9.17) is 9.47 Å². The van der Waals surface area contributed by atoms with Gasteiger partial charge in [0.15, 0.2) is 11.5 Å². The van der Waals surface area contributed by atoms with E-state index >= 15 is 0 Å². The molecule has 0 bridgehead atoms. The third-order valence-electron chi connectivity index (χ3n) is 4.74. The van der Waals surface area contributed by atoms with Crippen molar-refractivity contribution in [3.8, 4) is 22.8 Å². The van der Waals surface area contributed by atoms with E-state index in [-0.39, 0.29) is 24.8 Å². The highest BCUT2D eigenvalue weighted by atomic mass is 16.7. The number of benzene rings is 2. The molecule has 1 aliphatic heterocycles. The topological polar surface area (TPSA) is 82.5 Å². The molecule has 2 heterocycles. The van der Waals surface area contributed by atoms with E-state index in [2.05, 4.69) is 16.5 Å². The molecule has 0 unspecified atom stereocenters. The highest BCUT2D eigenvalue weighted by Gasteiger charge is 2.14. The molecule has 0 saturated heterocycles. The van der Waals surface area contributed by atoms with Gasteiger partial charge in [-0.2, -0.15) is 5.10 Å². The smallest absolute Gasteiger partial charge is 0.267 e. The number of hydrogen-bond acceptors (Lipinski definition) is 5. The third-order valence-corrected chi connectivity index (χ3v) is 4.74. The first-order valence-corrected chi connectivity index (χ1v) is 9.30. The van der Waals surface area contributed by atoms with Gasteiger partial charge in [-0.15, -0.1) is 0 Å². The van der Waals surface area contributed by atoms with Gasteiger partial charge in [-0.25, -0.2) is 4.68 Å². The van der Waals surface area contributed by atoms with Crippen molar-refractivity contribution in [3.05, 3.63) is 75.6 Å². The van der Waals surface area contributed by atoms with E-state index < -0.39 is 0 Å². The van der Waals surface area contributed by atoms with Crippen LogP contribution >= 0.6 is 0 Å². The zero-order valence-electron chi connectivity index (χ0n) is 16.3. The lowest BCUT2D eigenvalue weighted by atomic mass is 10.0. The van der Waals surface area contributed by atoms with Gasteiger partial charge in [0.25, 0.3) is 5.56 Å². The lowest BCUT2D eigenvalue weighted by molar-refractivity contribution is -0.122. The average molecular weight is 391 g/mol. The summed E-state index contributed by atoms with van der Waals surface area (Å²) in [6.07, 6.45) is 0. The van der Waals surface area contributed by atoms with Crippen molar-refractivity contribution in [2.75, 3.05) is 6.79 Å². The maximum Gasteiger partial charge on any atom is 0.267 e. The van der Waals surface area contributed by atoms with Gasteiger partial charge in [0.05, 0.1) is 5.69 Å². The number of ether oxygens (including phenoxy) is 2. The van der Waals surface area contributed by atoms with Gasteiger partial charge in [-0.1, -0.05) is 29.8 Å². The van der Waals surface area contributed by atoms with Gasteiger partial charge in [0.1, 0.15) is 6.54 Å². The fraction of sp³-hybridized carbons (Fsp3) is 0.227. The molecule has 1 aromatic heterocycles. The zero-order valence-corrected chi connectivity index (χ0v) is 16.3. The summed E-state index contributed by atoms with van der Waals surface area (Å²) in [5.41, 5.74) is 4.37. The van der Waals surface area contributed by atoms with Gasteiger partial charge >= 0.3 is 0 Å². The number of nitrogens with one attached hydrogen (secondary N) is 1. The Balaban J connectivity index is 1.46. The lowest BCUT2D eigenvalue weighted by Gasteiger charge is -2.10. The summed E-state index contributed by atoms with van der Waals surface area (Å²) in [6, 6.07) is 14.6. The second-order valence-corrected chi connectivity index (χ2v) is 7.00. The molecule has 3 aromatic rings. The molecule has 7 heteroatoms. The van der Waals surface area contributed by atoms with E-state index in [0.717, 1.165) is 22.3 Å². The predicted molar refractivity (Wildman–Crippen MR) is 108 cm³/mol. The van der Waals surface area contributed by atoms with E-state index in [1.54, 1.807) is 6.07 Å². The van der Waals surface area contributed by atoms with Gasteiger partial charge in [0.2, 0.25) is 12.7 Å². The van der Waals surface area contributed by atoms with Crippen molar-refractivity contribution in [2.45, 2.75) is 26.9 Å². The molecule has 1 aliphatic rings. The van der Waals surface area contributed by atoms with Crippen LogP contribution in [-0.2, 0) is 17.9 Å². The first-order valence-electron chi connectivity index (χ1n) is 9.30. The number of fused-ring (bicyclic) bond motifs is 1. The van der Waals surface area contributed by atoms with Crippen LogP contribution in [0.15, 0.2) is 53.3 Å². The maximum absolute atomic E-state index is 12.4. The Morgan fingerprint density at radius 1 is 1.07 bits per heavy atom. The van der Waals surface area contributed by atoms with Crippen LogP contribution in [0.25, 0.3) is 11.3 Å². The number of aromatic nitrogens is 2. The number of carbonyl (C=O) groups excluding carboxylic acids is 1. The minimum Gasteiger partial charge on any atom is -0.454 e. The Bertz CT molecular complexity index is 1140. The molecule has 0 radical (unpaired) electrons. The first kappa shape index (κ1) is 18.7. The van der Waals surface area contributed by atoms with E-state index in [1.165, 1.54) is 10.7 Å². The van der Waals surface area contributed by atoms with Crippen LogP contribution in [-0.4, -0.2) is 22.5 Å². The highest BCUT2D eigenvalue weighted by Crippen LogP contribution is 2.32. The largest absolute Gasteiger partial charge is 0.454 e. The van der Waals surface area contributed by atoms with Gasteiger partial charge in [0, 0.05) is 18.2 Å². The van der Waals surface area contributed by atoms with E-state index in [1.807, 2.05) is 44.2 Å². The van der Waals surface area contributed by atoms with Crippen LogP contribution in [0, 0.1) is 13.8 Å². The summed E-state index contributed by atoms with van der Waals surface area (Å²) >= 11 is 0. The molecule has 0 atom stereocenters. The van der Waals surface area contributed by atoms with Crippen molar-refractivity contribution in [1.29, 1.82) is 0 Å². The summed E-state index contributed by atoms with van der Waals surface area (Å²) < 4.78 is 11.8. The van der Waals surface area contributed by atoms with E-state index in [9.17, 15) is 9.59 Å². The van der Waals surface area contributed by atoms with Crippen LogP contribution in [0.1, 0.15) is 16.7 Å². The molecule has 7 nitrogen and oxygen atoms in total. The van der Waals surface area contributed by atoms with Crippen LogP contribution in [0.2, 0.25) is 0 Å². The van der Waals surface area contributed by atoms with Crippen LogP contribution in [0.4, 0.5) is 0 Å². The molecule has 0 aliphatic carbocycles. The van der Waals surface area contributed by atoms with Crippen molar-refractivity contribution in [2.24, 2.45) is 0 Å². The standard InChI is InChI=1S/C22H21N3O4/c1-14-3-5-17(15(2)9-14)18-6-8-22(27)25(24-18)12-21(26)23-11-16-4-7-19-20(10-16)29-13-28-19/h3-10H,11-13H2,1-2H3,(H,23,26). The third kappa shape index (κ3) is 4.13.